The molecule has 1 aromatic heterocycles. The molecular formula is C56H48N2. The van der Waals surface area contributed by atoms with Crippen LogP contribution in [-0.4, -0.2) is 10.6 Å². The van der Waals surface area contributed by atoms with E-state index in [0.717, 1.165) is 12.0 Å². The maximum absolute atomic E-state index is 4.02. The molecule has 0 amide bonds. The number of hydrogen-bond donors (Lipinski definition) is 1. The molecule has 11 rings (SSSR count). The minimum atomic E-state index is 0.0751. The van der Waals surface area contributed by atoms with Crippen LogP contribution in [0.25, 0.3) is 61.0 Å². The molecule has 282 valence electrons. The predicted molar refractivity (Wildman–Crippen MR) is 245 cm³/mol. The van der Waals surface area contributed by atoms with Crippen molar-refractivity contribution in [1.29, 1.82) is 0 Å². The van der Waals surface area contributed by atoms with E-state index in [1.807, 2.05) is 0 Å². The van der Waals surface area contributed by atoms with E-state index in [1.165, 1.54) is 101 Å². The summed E-state index contributed by atoms with van der Waals surface area (Å²) in [5, 5.41) is 9.25. The average Bonchev–Trinajstić information content (AvgIpc) is 3.42. The average molecular weight is 749 g/mol. The summed E-state index contributed by atoms with van der Waals surface area (Å²) < 4.78 is 2.56. The molecule has 2 unspecified atom stereocenters. The summed E-state index contributed by atoms with van der Waals surface area (Å²) in [6.07, 6.45) is 19.0. The summed E-state index contributed by atoms with van der Waals surface area (Å²) in [4.78, 5) is 0. The van der Waals surface area contributed by atoms with E-state index in [4.69, 9.17) is 0 Å². The molecule has 0 saturated heterocycles. The van der Waals surface area contributed by atoms with E-state index in [-0.39, 0.29) is 22.8 Å². The van der Waals surface area contributed by atoms with Crippen molar-refractivity contribution in [3.05, 3.63) is 203 Å². The first kappa shape index (κ1) is 34.9. The highest BCUT2D eigenvalue weighted by Gasteiger charge is 2.38. The first-order valence-corrected chi connectivity index (χ1v) is 21.0. The fraction of sp³-hybridized carbons (Fsp3) is 0.196. The van der Waals surface area contributed by atoms with Gasteiger partial charge in [-0.1, -0.05) is 143 Å². The molecule has 0 fully saturated rings. The topological polar surface area (TPSA) is 17.0 Å². The Morgan fingerprint density at radius 2 is 1.29 bits per heavy atom. The van der Waals surface area contributed by atoms with E-state index in [0.29, 0.717) is 0 Å². The summed E-state index contributed by atoms with van der Waals surface area (Å²) in [7, 11) is 0. The van der Waals surface area contributed by atoms with Crippen molar-refractivity contribution in [2.45, 2.75) is 63.8 Å². The highest BCUT2D eigenvalue weighted by molar-refractivity contribution is 6.14. The molecule has 2 heteroatoms. The number of nitrogens with zero attached hydrogens (tertiary/aromatic N) is 1. The maximum atomic E-state index is 4.02. The van der Waals surface area contributed by atoms with Gasteiger partial charge in [0, 0.05) is 39.2 Å². The maximum Gasteiger partial charge on any atom is 0.0770 e. The Bertz CT molecular complexity index is 3020. The third kappa shape index (κ3) is 5.70. The number of rotatable bonds is 4. The molecule has 7 aromatic rings. The van der Waals surface area contributed by atoms with E-state index >= 15 is 0 Å². The zero-order valence-electron chi connectivity index (χ0n) is 33.8. The molecule has 0 spiro atoms. The van der Waals surface area contributed by atoms with Crippen LogP contribution in [0.2, 0.25) is 0 Å². The Balaban J connectivity index is 1.05. The largest absolute Gasteiger partial charge is 0.376 e. The Morgan fingerprint density at radius 1 is 0.621 bits per heavy atom. The monoisotopic (exact) mass is 748 g/mol. The molecule has 4 aliphatic rings. The van der Waals surface area contributed by atoms with Crippen LogP contribution in [-0.2, 0) is 17.3 Å². The van der Waals surface area contributed by atoms with Crippen LogP contribution in [0.5, 0.6) is 0 Å². The van der Waals surface area contributed by atoms with E-state index in [2.05, 4.69) is 207 Å². The number of aromatic nitrogens is 1. The summed E-state index contributed by atoms with van der Waals surface area (Å²) >= 11 is 0. The van der Waals surface area contributed by atoms with Crippen molar-refractivity contribution in [3.63, 3.8) is 0 Å². The van der Waals surface area contributed by atoms with Gasteiger partial charge in [-0.05, 0) is 128 Å². The molecule has 6 aromatic carbocycles. The lowest BCUT2D eigenvalue weighted by atomic mass is 9.63. The Kier molecular flexibility index (Phi) is 7.88. The summed E-state index contributed by atoms with van der Waals surface area (Å²) in [6, 6.07) is 45.7. The van der Waals surface area contributed by atoms with Crippen LogP contribution >= 0.6 is 0 Å². The lowest BCUT2D eigenvalue weighted by molar-refractivity contribution is 0.332. The number of hydrogen-bond acceptors (Lipinski definition) is 1. The quantitative estimate of drug-likeness (QED) is 0.177. The van der Waals surface area contributed by atoms with Gasteiger partial charge < -0.3 is 9.88 Å². The minimum Gasteiger partial charge on any atom is -0.376 e. The van der Waals surface area contributed by atoms with Gasteiger partial charge in [0.2, 0.25) is 0 Å². The van der Waals surface area contributed by atoms with Gasteiger partial charge in [-0.25, -0.2) is 0 Å². The predicted octanol–water partition coefficient (Wildman–Crippen LogP) is 13.7. The second-order valence-corrected chi connectivity index (χ2v) is 18.2. The van der Waals surface area contributed by atoms with E-state index in [9.17, 15) is 0 Å². The van der Waals surface area contributed by atoms with Crippen molar-refractivity contribution in [2.24, 2.45) is 5.92 Å². The highest BCUT2D eigenvalue weighted by Crippen LogP contribution is 2.49. The number of fused-ring (bicyclic) bond motifs is 7. The molecular weight excluding hydrogens is 701 g/mol. The lowest BCUT2D eigenvalue weighted by Gasteiger charge is -2.42. The fourth-order valence-corrected chi connectivity index (χ4v) is 10.1. The molecule has 0 radical (unpaired) electrons. The highest BCUT2D eigenvalue weighted by atomic mass is 15.0. The van der Waals surface area contributed by atoms with Gasteiger partial charge in [0.15, 0.2) is 0 Å². The van der Waals surface area contributed by atoms with Crippen molar-refractivity contribution < 1.29 is 0 Å². The van der Waals surface area contributed by atoms with Crippen LogP contribution < -0.4 is 5.32 Å². The van der Waals surface area contributed by atoms with Crippen LogP contribution in [0, 0.1) is 5.92 Å². The first-order chi connectivity index (χ1) is 28.2. The van der Waals surface area contributed by atoms with Gasteiger partial charge >= 0.3 is 0 Å². The van der Waals surface area contributed by atoms with Crippen molar-refractivity contribution in [2.75, 3.05) is 0 Å². The molecule has 2 heterocycles. The normalized spacial score (nSPS) is 20.1. The van der Waals surface area contributed by atoms with Crippen LogP contribution in [0.3, 0.4) is 0 Å². The SMILES string of the molecule is CC1(C)CCC(C)(C)c2cc3c(cc21)c1cc2ccccc2cc1n3-c1ccc2c(c1)CC(C1=C(c3ccc(-c4ccccc4)cc3)C=C=C3C=CC=CC3N1)C=C2. The van der Waals surface area contributed by atoms with Gasteiger partial charge in [0.05, 0.1) is 17.1 Å². The lowest BCUT2D eigenvalue weighted by Crippen LogP contribution is -2.33. The van der Waals surface area contributed by atoms with Crippen LogP contribution in [0.4, 0.5) is 0 Å². The second-order valence-electron chi connectivity index (χ2n) is 18.2. The van der Waals surface area contributed by atoms with Gasteiger partial charge in [-0.2, -0.15) is 0 Å². The molecule has 1 N–H and O–H groups in total. The Labute approximate surface area is 341 Å². The van der Waals surface area contributed by atoms with Crippen LogP contribution in [0.1, 0.15) is 68.4 Å². The molecule has 58 heavy (non-hydrogen) atoms. The standard InChI is InChI=1S/C56H48N2/c1-55(2)28-29-56(3,4)50-35-53-48(34-49(50)55)47-32-41-15-8-9-16-42(41)33-52(47)58(53)45-26-24-38-20-23-43(30-44(38)31-45)54-46(27-25-40-14-10-11-17-51(40)57-54)39-21-18-37(19-22-39)36-12-6-5-7-13-36/h5-24,26-27,31-35,43,51,57H,28-30H2,1-4H3. The number of benzene rings is 6. The number of allylic oxidation sites excluding steroid dienone is 4. The van der Waals surface area contributed by atoms with E-state index < -0.39 is 0 Å². The van der Waals surface area contributed by atoms with Crippen molar-refractivity contribution in [3.8, 4) is 16.8 Å². The molecule has 2 nitrogen and oxygen atoms in total. The van der Waals surface area contributed by atoms with E-state index in [1.54, 1.807) is 0 Å². The Morgan fingerprint density at radius 3 is 2.09 bits per heavy atom. The summed E-state index contributed by atoms with van der Waals surface area (Å²) in [5.74, 6) is 0.167. The first-order valence-electron chi connectivity index (χ1n) is 21.0. The minimum absolute atomic E-state index is 0.0751. The van der Waals surface area contributed by atoms with Gasteiger partial charge in [0.1, 0.15) is 0 Å². The third-order valence-corrected chi connectivity index (χ3v) is 13.6. The zero-order chi connectivity index (χ0) is 39.2. The summed E-state index contributed by atoms with van der Waals surface area (Å²) in [6.45, 7) is 9.75. The van der Waals surface area contributed by atoms with Crippen molar-refractivity contribution >= 4 is 44.2 Å². The fourth-order valence-electron chi connectivity index (χ4n) is 10.1. The summed E-state index contributed by atoms with van der Waals surface area (Å²) in [5.41, 5.74) is 20.6. The molecule has 2 atom stereocenters. The molecule has 0 bridgehead atoms. The number of nitrogens with one attached hydrogen (secondary N) is 1. The van der Waals surface area contributed by atoms with Gasteiger partial charge in [-0.3, -0.25) is 0 Å². The third-order valence-electron chi connectivity index (χ3n) is 13.6. The smallest absolute Gasteiger partial charge is 0.0770 e. The second kappa shape index (κ2) is 13.1. The van der Waals surface area contributed by atoms with Crippen molar-refractivity contribution in [1.82, 2.24) is 9.88 Å². The molecule has 0 saturated carbocycles. The van der Waals surface area contributed by atoms with Crippen LogP contribution in [0.15, 0.2) is 175 Å². The Hall–Kier alpha value is -6.34. The molecule has 1 aliphatic heterocycles. The van der Waals surface area contributed by atoms with Gasteiger partial charge in [0.25, 0.3) is 0 Å². The molecule has 3 aliphatic carbocycles. The van der Waals surface area contributed by atoms with Gasteiger partial charge in [-0.15, -0.1) is 5.73 Å². The zero-order valence-corrected chi connectivity index (χ0v) is 33.8.